The van der Waals surface area contributed by atoms with Gasteiger partial charge in [0.25, 0.3) is 5.91 Å². The Morgan fingerprint density at radius 2 is 2.03 bits per heavy atom. The third-order valence-corrected chi connectivity index (χ3v) is 6.42. The predicted molar refractivity (Wildman–Crippen MR) is 137 cm³/mol. The smallest absolute Gasteiger partial charge is 0.323 e. The van der Waals surface area contributed by atoms with Crippen molar-refractivity contribution in [1.82, 2.24) is 14.7 Å². The number of ether oxygens (including phenoxy) is 1. The maximum absolute atomic E-state index is 12.8. The number of aryl methyl sites for hydroxylation is 1. The summed E-state index contributed by atoms with van der Waals surface area (Å²) in [7, 11) is 0. The third kappa shape index (κ3) is 4.95. The summed E-state index contributed by atoms with van der Waals surface area (Å²) in [6.07, 6.45) is 5.24. The van der Waals surface area contributed by atoms with Crippen LogP contribution in [0.1, 0.15) is 11.1 Å². The van der Waals surface area contributed by atoms with Gasteiger partial charge in [0.1, 0.15) is 28.9 Å². The van der Waals surface area contributed by atoms with Crippen LogP contribution in [0.3, 0.4) is 0 Å². The van der Waals surface area contributed by atoms with E-state index in [2.05, 4.69) is 6.58 Å². The Bertz CT molecular complexity index is 1310. The van der Waals surface area contributed by atoms with Crippen LogP contribution in [0.2, 0.25) is 0 Å². The molecule has 0 saturated carbocycles. The lowest BCUT2D eigenvalue weighted by Gasteiger charge is -2.10. The second-order valence-corrected chi connectivity index (χ2v) is 9.13. The molecule has 0 unspecified atom stereocenters. The Hall–Kier alpha value is -3.69. The fraction of sp³-hybridized carbons (Fsp3) is 0.120. The monoisotopic (exact) mass is 491 g/mol. The molecule has 1 amide bonds. The molecule has 7 nitrogen and oxygen atoms in total. The molecule has 1 aromatic heterocycles. The van der Waals surface area contributed by atoms with Crippen LogP contribution in [0.4, 0.5) is 0 Å². The van der Waals surface area contributed by atoms with E-state index in [1.165, 1.54) is 0 Å². The number of hydrogen-bond donors (Lipinski definition) is 1. The van der Waals surface area contributed by atoms with Gasteiger partial charge in [-0.2, -0.15) is 5.10 Å². The quantitative estimate of drug-likeness (QED) is 0.278. The number of hydrogen-bond acceptors (Lipinski definition) is 6. The van der Waals surface area contributed by atoms with E-state index >= 15 is 0 Å². The number of carbonyl (C=O) groups is 2. The van der Waals surface area contributed by atoms with Crippen molar-refractivity contribution in [3.05, 3.63) is 83.4 Å². The molecule has 0 spiro atoms. The standard InChI is InChI=1S/C25H21N3O4S2/c1-3-11-32-19-9-10-20(16(2)12-19)23-17(14-28(26-23)18-7-5-4-6-8-18)13-21-24(31)27(15-22(29)30)25(33)34-21/h3-10,12-14H,1,11,15H2,2H3,(H,29,30)/b21-13-. The first-order valence-electron chi connectivity index (χ1n) is 10.3. The number of carbonyl (C=O) groups excluding carboxylic acids is 1. The van der Waals surface area contributed by atoms with Crippen LogP contribution in [0, 0.1) is 6.92 Å². The van der Waals surface area contributed by atoms with Gasteiger partial charge in [0.2, 0.25) is 0 Å². The molecule has 2 heterocycles. The Morgan fingerprint density at radius 3 is 2.71 bits per heavy atom. The molecule has 1 aliphatic rings. The minimum atomic E-state index is -1.12. The van der Waals surface area contributed by atoms with Crippen LogP contribution in [0.25, 0.3) is 23.0 Å². The first kappa shape index (κ1) is 23.5. The third-order valence-electron chi connectivity index (χ3n) is 5.04. The van der Waals surface area contributed by atoms with Gasteiger partial charge in [-0.1, -0.05) is 54.8 Å². The summed E-state index contributed by atoms with van der Waals surface area (Å²) in [5, 5.41) is 13.9. The highest BCUT2D eigenvalue weighted by Gasteiger charge is 2.33. The van der Waals surface area contributed by atoms with E-state index in [-0.39, 0.29) is 4.32 Å². The summed E-state index contributed by atoms with van der Waals surface area (Å²) >= 11 is 6.31. The van der Waals surface area contributed by atoms with Gasteiger partial charge in [0.15, 0.2) is 0 Å². The van der Waals surface area contributed by atoms with Crippen LogP contribution >= 0.6 is 24.0 Å². The molecule has 34 heavy (non-hydrogen) atoms. The molecule has 2 aromatic carbocycles. The highest BCUT2D eigenvalue weighted by atomic mass is 32.2. The minimum absolute atomic E-state index is 0.218. The highest BCUT2D eigenvalue weighted by molar-refractivity contribution is 8.26. The lowest BCUT2D eigenvalue weighted by atomic mass is 10.0. The van der Waals surface area contributed by atoms with Crippen LogP contribution < -0.4 is 4.74 Å². The van der Waals surface area contributed by atoms with Crippen molar-refractivity contribution in [1.29, 1.82) is 0 Å². The zero-order valence-electron chi connectivity index (χ0n) is 18.3. The second-order valence-electron chi connectivity index (χ2n) is 7.45. The zero-order valence-corrected chi connectivity index (χ0v) is 19.9. The van der Waals surface area contributed by atoms with E-state index in [4.69, 9.17) is 27.2 Å². The van der Waals surface area contributed by atoms with Gasteiger partial charge in [-0.25, -0.2) is 4.68 Å². The average Bonchev–Trinajstić information content (AvgIpc) is 3.34. The molecule has 1 aliphatic heterocycles. The van der Waals surface area contributed by atoms with Crippen molar-refractivity contribution in [2.45, 2.75) is 6.92 Å². The van der Waals surface area contributed by atoms with Crippen molar-refractivity contribution in [3.63, 3.8) is 0 Å². The Kier molecular flexibility index (Phi) is 6.95. The molecule has 0 aliphatic carbocycles. The molecule has 0 bridgehead atoms. The Balaban J connectivity index is 1.78. The first-order valence-corrected chi connectivity index (χ1v) is 11.6. The van der Waals surface area contributed by atoms with E-state index in [0.717, 1.165) is 39.2 Å². The number of nitrogens with zero attached hydrogens (tertiary/aromatic N) is 3. The van der Waals surface area contributed by atoms with E-state index in [0.29, 0.717) is 22.8 Å². The maximum Gasteiger partial charge on any atom is 0.323 e. The van der Waals surface area contributed by atoms with Gasteiger partial charge in [0.05, 0.1) is 10.6 Å². The van der Waals surface area contributed by atoms with E-state index in [9.17, 15) is 9.59 Å². The van der Waals surface area contributed by atoms with Crippen molar-refractivity contribution in [3.8, 4) is 22.7 Å². The molecule has 1 fully saturated rings. The molecule has 1 saturated heterocycles. The van der Waals surface area contributed by atoms with Crippen molar-refractivity contribution < 1.29 is 19.4 Å². The summed E-state index contributed by atoms with van der Waals surface area (Å²) in [4.78, 5) is 25.4. The van der Waals surface area contributed by atoms with E-state index in [1.807, 2.05) is 61.7 Å². The summed E-state index contributed by atoms with van der Waals surface area (Å²) < 4.78 is 7.61. The van der Waals surface area contributed by atoms with Crippen LogP contribution in [0.5, 0.6) is 5.75 Å². The number of benzene rings is 2. The number of aliphatic carboxylic acids is 1. The second kappa shape index (κ2) is 10.1. The molecule has 4 rings (SSSR count). The molecule has 172 valence electrons. The van der Waals surface area contributed by atoms with Gasteiger partial charge in [-0.3, -0.25) is 14.5 Å². The SMILES string of the molecule is C=CCOc1ccc(-c2nn(-c3ccccc3)cc2/C=C2\SC(=S)N(CC(=O)O)C2=O)c(C)c1. The van der Waals surface area contributed by atoms with Crippen LogP contribution in [-0.4, -0.2) is 49.1 Å². The number of amides is 1. The van der Waals surface area contributed by atoms with Crippen molar-refractivity contribution in [2.24, 2.45) is 0 Å². The van der Waals surface area contributed by atoms with Crippen LogP contribution in [0.15, 0.2) is 72.3 Å². The number of aromatic nitrogens is 2. The van der Waals surface area contributed by atoms with E-state index < -0.39 is 18.4 Å². The molecular formula is C25H21N3O4S2. The van der Waals surface area contributed by atoms with Gasteiger partial charge >= 0.3 is 5.97 Å². The van der Waals surface area contributed by atoms with Gasteiger partial charge in [-0.05, 0) is 48.9 Å². The highest BCUT2D eigenvalue weighted by Crippen LogP contribution is 2.36. The molecule has 0 atom stereocenters. The number of carboxylic acid groups (broad SMARTS) is 1. The number of carboxylic acids is 1. The topological polar surface area (TPSA) is 84.7 Å². The lowest BCUT2D eigenvalue weighted by molar-refractivity contribution is -0.140. The largest absolute Gasteiger partial charge is 0.490 e. The fourth-order valence-corrected chi connectivity index (χ4v) is 4.72. The number of thiocarbonyl (C=S) groups is 1. The van der Waals surface area contributed by atoms with Crippen molar-refractivity contribution >= 4 is 46.3 Å². The first-order chi connectivity index (χ1) is 16.4. The lowest BCUT2D eigenvalue weighted by Crippen LogP contribution is -2.33. The maximum atomic E-state index is 12.8. The minimum Gasteiger partial charge on any atom is -0.490 e. The van der Waals surface area contributed by atoms with Crippen molar-refractivity contribution in [2.75, 3.05) is 13.2 Å². The van der Waals surface area contributed by atoms with E-state index in [1.54, 1.807) is 16.8 Å². The number of thioether (sulfide) groups is 1. The molecular weight excluding hydrogens is 470 g/mol. The van der Waals surface area contributed by atoms with Gasteiger partial charge in [-0.15, -0.1) is 0 Å². The molecule has 9 heteroatoms. The summed E-state index contributed by atoms with van der Waals surface area (Å²) in [6.45, 7) is 5.57. The summed E-state index contributed by atoms with van der Waals surface area (Å²) in [5.41, 5.74) is 4.09. The Labute approximate surface area is 206 Å². The van der Waals surface area contributed by atoms with Gasteiger partial charge in [0, 0.05) is 17.3 Å². The normalized spacial score (nSPS) is 14.6. The predicted octanol–water partition coefficient (Wildman–Crippen LogP) is 4.70. The summed E-state index contributed by atoms with van der Waals surface area (Å²) in [6, 6.07) is 15.4. The molecule has 1 N–H and O–H groups in total. The van der Waals surface area contributed by atoms with Crippen LogP contribution in [-0.2, 0) is 9.59 Å². The fourth-order valence-electron chi connectivity index (χ4n) is 3.47. The number of rotatable bonds is 8. The molecule has 3 aromatic rings. The zero-order chi connectivity index (χ0) is 24.2. The molecule has 0 radical (unpaired) electrons. The van der Waals surface area contributed by atoms with Gasteiger partial charge < -0.3 is 9.84 Å². The Morgan fingerprint density at radius 1 is 1.26 bits per heavy atom. The average molecular weight is 492 g/mol. The summed E-state index contributed by atoms with van der Waals surface area (Å²) in [5.74, 6) is -0.829. The number of para-hydroxylation sites is 1.